The van der Waals surface area contributed by atoms with E-state index in [0.717, 1.165) is 31.5 Å². The first-order chi connectivity index (χ1) is 16.4. The lowest BCUT2D eigenvalue weighted by molar-refractivity contribution is 0.0665. The number of aromatic hydroxyl groups is 1. The topological polar surface area (TPSA) is 72.9 Å². The maximum Gasteiger partial charge on any atom is 0.257 e. The van der Waals surface area contributed by atoms with Crippen molar-refractivity contribution in [1.82, 2.24) is 9.80 Å². The lowest BCUT2D eigenvalue weighted by atomic mass is 9.95. The number of nitrogens with zero attached hydrogens (tertiary/aromatic N) is 2. The number of rotatable bonds is 5. The van der Waals surface area contributed by atoms with Crippen molar-refractivity contribution in [2.75, 3.05) is 38.0 Å². The van der Waals surface area contributed by atoms with Gasteiger partial charge in [-0.1, -0.05) is 12.8 Å². The minimum Gasteiger partial charge on any atom is -0.507 e. The third kappa shape index (κ3) is 6.11. The minimum atomic E-state index is -0.857. The lowest BCUT2D eigenvalue weighted by Crippen LogP contribution is -2.41. The van der Waals surface area contributed by atoms with Crippen molar-refractivity contribution in [3.05, 3.63) is 59.2 Å². The fourth-order valence-electron chi connectivity index (χ4n) is 4.85. The van der Waals surface area contributed by atoms with Gasteiger partial charge in [0.25, 0.3) is 11.8 Å². The van der Waals surface area contributed by atoms with Gasteiger partial charge in [-0.05, 0) is 69.0 Å². The van der Waals surface area contributed by atoms with Crippen molar-refractivity contribution in [3.63, 3.8) is 0 Å². The molecular weight excluding hydrogens is 440 g/mol. The summed E-state index contributed by atoms with van der Waals surface area (Å²) in [7, 11) is 0. The summed E-state index contributed by atoms with van der Waals surface area (Å²) < 4.78 is 26.7. The van der Waals surface area contributed by atoms with E-state index in [2.05, 4.69) is 10.2 Å². The number of anilines is 1. The smallest absolute Gasteiger partial charge is 0.257 e. The summed E-state index contributed by atoms with van der Waals surface area (Å²) in [5.74, 6) is -2.34. The predicted octanol–water partition coefficient (Wildman–Crippen LogP) is 4.65. The van der Waals surface area contributed by atoms with E-state index < -0.39 is 17.5 Å². The first kappa shape index (κ1) is 24.1. The van der Waals surface area contributed by atoms with Crippen LogP contribution < -0.4 is 5.32 Å². The highest BCUT2D eigenvalue weighted by Gasteiger charge is 2.26. The average molecular weight is 472 g/mol. The van der Waals surface area contributed by atoms with Crippen molar-refractivity contribution in [1.29, 1.82) is 0 Å². The molecule has 4 rings (SSSR count). The molecule has 2 aliphatic rings. The third-order valence-corrected chi connectivity index (χ3v) is 6.73. The summed E-state index contributed by atoms with van der Waals surface area (Å²) in [5, 5.41) is 12.9. The van der Waals surface area contributed by atoms with Crippen LogP contribution in [0.4, 0.5) is 14.5 Å². The molecule has 0 unspecified atom stereocenters. The Morgan fingerprint density at radius 2 is 1.56 bits per heavy atom. The van der Waals surface area contributed by atoms with E-state index in [1.807, 2.05) is 0 Å². The highest BCUT2D eigenvalue weighted by molar-refractivity contribution is 6.05. The Morgan fingerprint density at radius 1 is 0.912 bits per heavy atom. The molecule has 0 radical (unpaired) electrons. The molecule has 8 heteroatoms. The first-order valence-electron chi connectivity index (χ1n) is 12.0. The molecule has 2 heterocycles. The van der Waals surface area contributed by atoms with Gasteiger partial charge in [-0.3, -0.25) is 9.59 Å². The van der Waals surface area contributed by atoms with Gasteiger partial charge in [0.15, 0.2) is 0 Å². The Bertz CT molecular complexity index is 1010. The maximum atomic E-state index is 13.4. The Morgan fingerprint density at radius 3 is 2.18 bits per heavy atom. The van der Waals surface area contributed by atoms with Gasteiger partial charge in [0, 0.05) is 43.0 Å². The number of hydrogen-bond acceptors (Lipinski definition) is 4. The number of nitrogens with one attached hydrogen (secondary N) is 1. The van der Waals surface area contributed by atoms with Crippen LogP contribution in [0.15, 0.2) is 36.4 Å². The van der Waals surface area contributed by atoms with E-state index in [1.54, 1.807) is 4.90 Å². The second-order valence-electron chi connectivity index (χ2n) is 9.29. The lowest BCUT2D eigenvalue weighted by Gasteiger charge is -2.34. The molecule has 2 N–H and O–H groups in total. The van der Waals surface area contributed by atoms with Gasteiger partial charge in [-0.25, -0.2) is 8.78 Å². The number of likely N-dealkylation sites (tertiary alicyclic amines) is 2. The number of amides is 2. The van der Waals surface area contributed by atoms with Crippen LogP contribution in [0, 0.1) is 17.6 Å². The van der Waals surface area contributed by atoms with Crippen LogP contribution in [-0.2, 0) is 0 Å². The van der Waals surface area contributed by atoms with Crippen molar-refractivity contribution >= 4 is 17.5 Å². The van der Waals surface area contributed by atoms with E-state index >= 15 is 0 Å². The summed E-state index contributed by atoms with van der Waals surface area (Å²) in [6.07, 6.45) is 7.07. The van der Waals surface area contributed by atoms with Gasteiger partial charge >= 0.3 is 0 Å². The Labute approximate surface area is 198 Å². The molecule has 2 amide bonds. The highest BCUT2D eigenvalue weighted by atomic mass is 19.1. The van der Waals surface area contributed by atoms with E-state index in [-0.39, 0.29) is 28.5 Å². The Balaban J connectivity index is 1.32. The van der Waals surface area contributed by atoms with Crippen molar-refractivity contribution in [2.45, 2.75) is 38.5 Å². The van der Waals surface area contributed by atoms with Crippen LogP contribution in [-0.4, -0.2) is 59.4 Å². The van der Waals surface area contributed by atoms with Crippen LogP contribution in [0.1, 0.15) is 59.2 Å². The first-order valence-corrected chi connectivity index (χ1v) is 12.0. The SMILES string of the molecule is O=C(Nc1ccc(C(=O)N2CCC(CN3CCCCCC3)CC2)c(O)c1)c1cc(F)cc(F)c1. The van der Waals surface area contributed by atoms with E-state index in [9.17, 15) is 23.5 Å². The van der Waals surface area contributed by atoms with Gasteiger partial charge in [-0.2, -0.15) is 0 Å². The second kappa shape index (κ2) is 11.0. The summed E-state index contributed by atoms with van der Waals surface area (Å²) in [4.78, 5) is 29.6. The Hall–Kier alpha value is -3.00. The minimum absolute atomic E-state index is 0.167. The van der Waals surface area contributed by atoms with Crippen molar-refractivity contribution in [2.24, 2.45) is 5.92 Å². The number of halogens is 2. The fourth-order valence-corrected chi connectivity index (χ4v) is 4.85. The molecule has 182 valence electrons. The number of hydrogen-bond donors (Lipinski definition) is 2. The molecule has 0 aromatic heterocycles. The number of carbonyl (C=O) groups excluding carboxylic acids is 2. The number of carbonyl (C=O) groups is 2. The molecule has 2 fully saturated rings. The standard InChI is InChI=1S/C26H31F2N3O3/c27-20-13-19(14-21(28)15-20)25(33)29-22-5-6-23(24(32)16-22)26(34)31-11-7-18(8-12-31)17-30-9-3-1-2-4-10-30/h5-6,13-16,18,32H,1-4,7-12,17H2,(H,29,33). The third-order valence-electron chi connectivity index (χ3n) is 6.73. The average Bonchev–Trinajstić information content (AvgIpc) is 3.07. The van der Waals surface area contributed by atoms with Crippen molar-refractivity contribution < 1.29 is 23.5 Å². The molecule has 2 aromatic rings. The molecular formula is C26H31F2N3O3. The van der Waals surface area contributed by atoms with Crippen LogP contribution in [0.2, 0.25) is 0 Å². The molecule has 2 aliphatic heterocycles. The normalized spacial score (nSPS) is 17.9. The summed E-state index contributed by atoms with van der Waals surface area (Å²) >= 11 is 0. The molecule has 0 aliphatic carbocycles. The molecule has 0 bridgehead atoms. The van der Waals surface area contributed by atoms with Crippen LogP contribution >= 0.6 is 0 Å². The molecule has 0 atom stereocenters. The van der Waals surface area contributed by atoms with Gasteiger partial charge in [-0.15, -0.1) is 0 Å². The largest absolute Gasteiger partial charge is 0.507 e. The van der Waals surface area contributed by atoms with Crippen LogP contribution in [0.5, 0.6) is 5.75 Å². The quantitative estimate of drug-likeness (QED) is 0.666. The molecule has 0 saturated carbocycles. The van der Waals surface area contributed by atoms with Gasteiger partial charge in [0.1, 0.15) is 17.4 Å². The molecule has 0 spiro atoms. The number of benzene rings is 2. The van der Waals surface area contributed by atoms with Gasteiger partial charge < -0.3 is 20.2 Å². The number of phenols is 1. The highest BCUT2D eigenvalue weighted by Crippen LogP contribution is 2.27. The summed E-state index contributed by atoms with van der Waals surface area (Å²) in [6, 6.07) is 6.75. The fraction of sp³-hybridized carbons (Fsp3) is 0.462. The zero-order valence-electron chi connectivity index (χ0n) is 19.2. The van der Waals surface area contributed by atoms with E-state index in [4.69, 9.17) is 0 Å². The van der Waals surface area contributed by atoms with E-state index in [1.165, 1.54) is 57.0 Å². The van der Waals surface area contributed by atoms with Crippen LogP contribution in [0.3, 0.4) is 0 Å². The zero-order chi connectivity index (χ0) is 24.1. The monoisotopic (exact) mass is 471 g/mol. The molecule has 2 aromatic carbocycles. The summed E-state index contributed by atoms with van der Waals surface area (Å²) in [5.41, 5.74) is 0.209. The second-order valence-corrected chi connectivity index (χ2v) is 9.29. The maximum absolute atomic E-state index is 13.4. The molecule has 34 heavy (non-hydrogen) atoms. The zero-order valence-corrected chi connectivity index (χ0v) is 19.2. The van der Waals surface area contributed by atoms with E-state index in [0.29, 0.717) is 25.1 Å². The van der Waals surface area contributed by atoms with Crippen LogP contribution in [0.25, 0.3) is 0 Å². The molecule has 6 nitrogen and oxygen atoms in total. The predicted molar refractivity (Wildman–Crippen MR) is 126 cm³/mol. The van der Waals surface area contributed by atoms with Crippen molar-refractivity contribution in [3.8, 4) is 5.75 Å². The van der Waals surface area contributed by atoms with Gasteiger partial charge in [0.05, 0.1) is 5.56 Å². The number of phenolic OH excluding ortho intramolecular Hbond substituents is 1. The van der Waals surface area contributed by atoms with Gasteiger partial charge in [0.2, 0.25) is 0 Å². The number of piperidine rings is 1. The molecule has 2 saturated heterocycles. The Kier molecular flexibility index (Phi) is 7.77. The summed E-state index contributed by atoms with van der Waals surface area (Å²) in [6.45, 7) is 4.74.